The van der Waals surface area contributed by atoms with Gasteiger partial charge >= 0.3 is 5.97 Å². The highest BCUT2D eigenvalue weighted by Crippen LogP contribution is 2.67. The third kappa shape index (κ3) is 10.6. The fourth-order valence-corrected chi connectivity index (χ4v) is 11.1. The lowest BCUT2D eigenvalue weighted by molar-refractivity contribution is -0.151. The second-order valence-electron chi connectivity index (χ2n) is 17.6. The molecule has 4 rings (SSSR count). The van der Waals surface area contributed by atoms with Crippen LogP contribution in [0.25, 0.3) is 0 Å². The normalized spacial score (nSPS) is 32.7. The Labute approximate surface area is 292 Å². The van der Waals surface area contributed by atoms with Crippen molar-refractivity contribution in [3.8, 4) is 0 Å². The van der Waals surface area contributed by atoms with Crippen molar-refractivity contribution >= 4 is 5.97 Å². The first kappa shape index (κ1) is 38.5. The van der Waals surface area contributed by atoms with E-state index >= 15 is 0 Å². The molecule has 0 heterocycles. The Kier molecular flexibility index (Phi) is 15.7. The molecule has 0 amide bonds. The lowest BCUT2D eigenvalue weighted by Crippen LogP contribution is -2.51. The molecule has 2 heteroatoms. The Morgan fingerprint density at radius 1 is 0.830 bits per heavy atom. The summed E-state index contributed by atoms with van der Waals surface area (Å²) in [4.78, 5) is 12.8. The van der Waals surface area contributed by atoms with E-state index in [9.17, 15) is 4.79 Å². The summed E-state index contributed by atoms with van der Waals surface area (Å²) < 4.78 is 6.12. The topological polar surface area (TPSA) is 26.3 Å². The largest absolute Gasteiger partial charge is 0.462 e. The molecule has 0 bridgehead atoms. The molecule has 0 spiro atoms. The summed E-state index contributed by atoms with van der Waals surface area (Å²) >= 11 is 0. The molecule has 3 fully saturated rings. The summed E-state index contributed by atoms with van der Waals surface area (Å²) in [5.74, 6) is 5.30. The average Bonchev–Trinajstić information content (AvgIpc) is 3.40. The standard InChI is InChI=1S/C45H76O2/c1-7-8-9-10-11-12-13-14-15-16-17-18-19-20-21-25-43(46)47-38-30-32-44(5)37(34-38)26-27-39-41-29-28-40(36(4)24-22-23-35(2)3)45(41,6)33-31-42(39)44/h11-12,14-15,26,35-36,38-42H,7-10,13,16-25,27-34H2,1-6H3/t36?,38-,39-,40+,41-,42-,44-,45+/m0/s1. The van der Waals surface area contributed by atoms with Crippen LogP contribution in [0.4, 0.5) is 0 Å². The predicted molar refractivity (Wildman–Crippen MR) is 202 cm³/mol. The van der Waals surface area contributed by atoms with Crippen LogP contribution in [0.5, 0.6) is 0 Å². The fraction of sp³-hybridized carbons (Fsp3) is 0.844. The summed E-state index contributed by atoms with van der Waals surface area (Å²) in [6.07, 6.45) is 40.5. The van der Waals surface area contributed by atoms with Gasteiger partial charge in [-0.25, -0.2) is 0 Å². The van der Waals surface area contributed by atoms with Crippen LogP contribution in [0.15, 0.2) is 36.0 Å². The van der Waals surface area contributed by atoms with Crippen LogP contribution in [0.1, 0.15) is 189 Å². The van der Waals surface area contributed by atoms with Crippen molar-refractivity contribution in [2.45, 2.75) is 195 Å². The van der Waals surface area contributed by atoms with Crippen molar-refractivity contribution in [3.63, 3.8) is 0 Å². The van der Waals surface area contributed by atoms with Gasteiger partial charge in [0.05, 0.1) is 0 Å². The van der Waals surface area contributed by atoms with Crippen molar-refractivity contribution in [3.05, 3.63) is 36.0 Å². The summed E-state index contributed by atoms with van der Waals surface area (Å²) in [6, 6.07) is 0. The molecule has 0 aliphatic heterocycles. The van der Waals surface area contributed by atoms with Gasteiger partial charge < -0.3 is 4.74 Å². The molecule has 0 N–H and O–H groups in total. The van der Waals surface area contributed by atoms with E-state index in [1.165, 1.54) is 109 Å². The maximum atomic E-state index is 12.8. The molecular weight excluding hydrogens is 572 g/mol. The molecule has 1 unspecified atom stereocenters. The Morgan fingerprint density at radius 3 is 2.30 bits per heavy atom. The summed E-state index contributed by atoms with van der Waals surface area (Å²) in [5, 5.41) is 0. The lowest BCUT2D eigenvalue weighted by Gasteiger charge is -2.58. The third-order valence-electron chi connectivity index (χ3n) is 13.9. The van der Waals surface area contributed by atoms with E-state index < -0.39 is 0 Å². The Hall–Kier alpha value is -1.31. The van der Waals surface area contributed by atoms with Crippen LogP contribution in [-0.4, -0.2) is 12.1 Å². The second kappa shape index (κ2) is 19.2. The number of hydrogen-bond acceptors (Lipinski definition) is 2. The highest BCUT2D eigenvalue weighted by Gasteiger charge is 2.59. The van der Waals surface area contributed by atoms with Crippen LogP contribution < -0.4 is 0 Å². The van der Waals surface area contributed by atoms with E-state index in [4.69, 9.17) is 4.74 Å². The van der Waals surface area contributed by atoms with Gasteiger partial charge in [0.15, 0.2) is 0 Å². The number of esters is 1. The van der Waals surface area contributed by atoms with Crippen molar-refractivity contribution < 1.29 is 9.53 Å². The zero-order valence-electron chi connectivity index (χ0n) is 32.0. The number of rotatable bonds is 20. The molecule has 0 radical (unpaired) electrons. The summed E-state index contributed by atoms with van der Waals surface area (Å²) in [7, 11) is 0. The molecule has 0 saturated heterocycles. The smallest absolute Gasteiger partial charge is 0.306 e. The van der Waals surface area contributed by atoms with Crippen molar-refractivity contribution in [2.75, 3.05) is 0 Å². The maximum Gasteiger partial charge on any atom is 0.306 e. The van der Waals surface area contributed by atoms with E-state index in [1.807, 2.05) is 0 Å². The summed E-state index contributed by atoms with van der Waals surface area (Å²) in [5.41, 5.74) is 2.52. The van der Waals surface area contributed by atoms with Crippen LogP contribution in [0.2, 0.25) is 0 Å². The zero-order chi connectivity index (χ0) is 33.7. The zero-order valence-corrected chi connectivity index (χ0v) is 32.0. The number of carbonyl (C=O) groups excluding carboxylic acids is 1. The highest BCUT2D eigenvalue weighted by atomic mass is 16.5. The minimum atomic E-state index is 0.0477. The lowest BCUT2D eigenvalue weighted by atomic mass is 9.47. The van der Waals surface area contributed by atoms with Crippen LogP contribution in [0.3, 0.4) is 0 Å². The van der Waals surface area contributed by atoms with Gasteiger partial charge in [0.2, 0.25) is 0 Å². The van der Waals surface area contributed by atoms with E-state index in [0.717, 1.165) is 67.6 Å². The SMILES string of the molecule is CCCCCC=CCC=CCCCCCCCC(=O)O[C@H]1CC[C@@]2(C)C(=CC[C@H]3[C@@H]4CC[C@H](C(C)CCCC(C)C)[C@@]4(C)CC[C@@H]32)C1. The van der Waals surface area contributed by atoms with Crippen LogP contribution in [0, 0.1) is 46.3 Å². The third-order valence-corrected chi connectivity index (χ3v) is 13.9. The van der Waals surface area contributed by atoms with E-state index in [2.05, 4.69) is 71.9 Å². The van der Waals surface area contributed by atoms with E-state index in [-0.39, 0.29) is 12.1 Å². The molecule has 0 aromatic rings. The van der Waals surface area contributed by atoms with Crippen molar-refractivity contribution in [2.24, 2.45) is 46.3 Å². The number of fused-ring (bicyclic) bond motifs is 5. The number of hydrogen-bond donors (Lipinski definition) is 0. The van der Waals surface area contributed by atoms with Gasteiger partial charge in [-0.2, -0.15) is 0 Å². The van der Waals surface area contributed by atoms with Crippen molar-refractivity contribution in [1.29, 1.82) is 0 Å². The van der Waals surface area contributed by atoms with Crippen LogP contribution in [-0.2, 0) is 9.53 Å². The molecule has 47 heavy (non-hydrogen) atoms. The number of carbonyl (C=O) groups is 1. The number of unbranched alkanes of at least 4 members (excludes halogenated alkanes) is 8. The Morgan fingerprint density at radius 2 is 1.55 bits per heavy atom. The first-order valence-electron chi connectivity index (χ1n) is 20.9. The molecule has 2 nitrogen and oxygen atoms in total. The molecular formula is C45H76O2. The fourth-order valence-electron chi connectivity index (χ4n) is 11.1. The first-order chi connectivity index (χ1) is 22.7. The summed E-state index contributed by atoms with van der Waals surface area (Å²) in [6.45, 7) is 14.9. The predicted octanol–water partition coefficient (Wildman–Crippen LogP) is 13.8. The number of allylic oxidation sites excluding steroid dienone is 5. The molecule has 0 aromatic heterocycles. The molecule has 268 valence electrons. The number of ether oxygens (including phenoxy) is 1. The molecule has 0 aromatic carbocycles. The van der Waals surface area contributed by atoms with Gasteiger partial charge in [0.25, 0.3) is 0 Å². The molecule has 8 atom stereocenters. The van der Waals surface area contributed by atoms with Gasteiger partial charge in [0, 0.05) is 12.8 Å². The van der Waals surface area contributed by atoms with Gasteiger partial charge in [-0.15, -0.1) is 0 Å². The van der Waals surface area contributed by atoms with E-state index in [0.29, 0.717) is 17.3 Å². The maximum absolute atomic E-state index is 12.8. The van der Waals surface area contributed by atoms with Gasteiger partial charge in [-0.3, -0.25) is 4.79 Å². The monoisotopic (exact) mass is 649 g/mol. The minimum Gasteiger partial charge on any atom is -0.462 e. The average molecular weight is 649 g/mol. The van der Waals surface area contributed by atoms with Crippen LogP contribution >= 0.6 is 0 Å². The van der Waals surface area contributed by atoms with Gasteiger partial charge in [0.1, 0.15) is 6.10 Å². The molecule has 3 saturated carbocycles. The quantitative estimate of drug-likeness (QED) is 0.0746. The Balaban J connectivity index is 1.13. The van der Waals surface area contributed by atoms with E-state index in [1.54, 1.807) is 5.57 Å². The van der Waals surface area contributed by atoms with Gasteiger partial charge in [-0.1, -0.05) is 129 Å². The van der Waals surface area contributed by atoms with Crippen molar-refractivity contribution in [1.82, 2.24) is 0 Å². The minimum absolute atomic E-state index is 0.0477. The molecule has 4 aliphatic carbocycles. The highest BCUT2D eigenvalue weighted by molar-refractivity contribution is 5.69. The molecule has 4 aliphatic rings. The Bertz CT molecular complexity index is 1020. The van der Waals surface area contributed by atoms with Gasteiger partial charge in [-0.05, 0) is 130 Å². The first-order valence-corrected chi connectivity index (χ1v) is 20.9. The second-order valence-corrected chi connectivity index (χ2v) is 17.6.